The first-order valence-corrected chi connectivity index (χ1v) is 10.4. The molecule has 0 saturated carbocycles. The molecule has 0 aliphatic heterocycles. The Morgan fingerprint density at radius 2 is 1.66 bits per heavy atom. The third-order valence-corrected chi connectivity index (χ3v) is 5.11. The van der Waals surface area contributed by atoms with Crippen LogP contribution in [0.2, 0.25) is 0 Å². The van der Waals surface area contributed by atoms with Crippen molar-refractivity contribution < 1.29 is 9.53 Å². The molecule has 0 spiro atoms. The average Bonchev–Trinajstić information content (AvgIpc) is 2.76. The van der Waals surface area contributed by atoms with Crippen LogP contribution >= 0.6 is 15.9 Å². The van der Waals surface area contributed by atoms with Crippen LogP contribution in [-0.4, -0.2) is 12.5 Å². The number of benzene rings is 3. The molecule has 0 aliphatic rings. The molecule has 2 N–H and O–H groups in total. The van der Waals surface area contributed by atoms with Crippen molar-refractivity contribution in [3.8, 4) is 5.75 Å². The van der Waals surface area contributed by atoms with Crippen LogP contribution in [0.3, 0.4) is 0 Å². The maximum atomic E-state index is 12.2. The van der Waals surface area contributed by atoms with Gasteiger partial charge in [0.2, 0.25) is 0 Å². The van der Waals surface area contributed by atoms with E-state index in [1.165, 1.54) is 5.56 Å². The number of hydrogen-bond donors (Lipinski definition) is 2. The third kappa shape index (κ3) is 6.73. The molecule has 0 bridgehead atoms. The number of carbonyl (C=O) groups excluding carboxylic acids is 1. The van der Waals surface area contributed by atoms with Crippen LogP contribution in [-0.2, 0) is 17.9 Å². The van der Waals surface area contributed by atoms with Gasteiger partial charge in [-0.3, -0.25) is 4.79 Å². The van der Waals surface area contributed by atoms with E-state index >= 15 is 0 Å². The van der Waals surface area contributed by atoms with E-state index < -0.39 is 0 Å². The summed E-state index contributed by atoms with van der Waals surface area (Å²) in [6, 6.07) is 26.1. The summed E-state index contributed by atoms with van der Waals surface area (Å²) in [5.41, 5.74) is 3.28. The molecule has 3 aromatic carbocycles. The molecule has 5 heteroatoms. The molecule has 150 valence electrons. The lowest BCUT2D eigenvalue weighted by Crippen LogP contribution is -2.28. The fraction of sp³-hybridized carbons (Fsp3) is 0.208. The van der Waals surface area contributed by atoms with Crippen LogP contribution < -0.4 is 15.4 Å². The molecule has 0 fully saturated rings. The molecule has 0 aliphatic carbocycles. The van der Waals surface area contributed by atoms with Crippen molar-refractivity contribution in [3.05, 3.63) is 100 Å². The first kappa shape index (κ1) is 21.1. The zero-order chi connectivity index (χ0) is 20.5. The van der Waals surface area contributed by atoms with Gasteiger partial charge in [0.15, 0.2) is 6.61 Å². The summed E-state index contributed by atoms with van der Waals surface area (Å²) in [6.45, 7) is 3.24. The molecule has 3 rings (SSSR count). The van der Waals surface area contributed by atoms with Gasteiger partial charge in [-0.15, -0.1) is 0 Å². The Morgan fingerprint density at radius 1 is 0.966 bits per heavy atom. The van der Waals surface area contributed by atoms with Gasteiger partial charge in [0.25, 0.3) is 5.91 Å². The van der Waals surface area contributed by atoms with Crippen molar-refractivity contribution in [1.82, 2.24) is 10.6 Å². The van der Waals surface area contributed by atoms with Gasteiger partial charge in [-0.25, -0.2) is 0 Å². The molecule has 0 radical (unpaired) electrons. The lowest BCUT2D eigenvalue weighted by Gasteiger charge is -2.17. The maximum absolute atomic E-state index is 12.2. The number of carbonyl (C=O) groups is 1. The van der Waals surface area contributed by atoms with Gasteiger partial charge in [0.05, 0.1) is 0 Å². The fourth-order valence-electron chi connectivity index (χ4n) is 2.94. The van der Waals surface area contributed by atoms with Gasteiger partial charge in [-0.2, -0.15) is 0 Å². The summed E-state index contributed by atoms with van der Waals surface area (Å²) in [7, 11) is 0. The van der Waals surface area contributed by atoms with Crippen LogP contribution in [0.25, 0.3) is 0 Å². The van der Waals surface area contributed by atoms with E-state index in [2.05, 4.69) is 45.6 Å². The van der Waals surface area contributed by atoms with Crippen molar-refractivity contribution in [2.24, 2.45) is 0 Å². The predicted octanol–water partition coefficient (Wildman–Crippen LogP) is 5.00. The monoisotopic (exact) mass is 452 g/mol. The second-order valence-electron chi connectivity index (χ2n) is 6.82. The lowest BCUT2D eigenvalue weighted by molar-refractivity contribution is -0.123. The highest BCUT2D eigenvalue weighted by molar-refractivity contribution is 9.10. The third-order valence-electron chi connectivity index (χ3n) is 4.61. The molecule has 29 heavy (non-hydrogen) atoms. The number of amides is 1. The van der Waals surface area contributed by atoms with Gasteiger partial charge in [-0.05, 0) is 36.2 Å². The zero-order valence-electron chi connectivity index (χ0n) is 16.4. The molecular weight excluding hydrogens is 428 g/mol. The summed E-state index contributed by atoms with van der Waals surface area (Å²) >= 11 is 3.52. The highest BCUT2D eigenvalue weighted by Crippen LogP contribution is 2.24. The van der Waals surface area contributed by atoms with E-state index in [1.807, 2.05) is 66.7 Å². The minimum atomic E-state index is -0.145. The Balaban J connectivity index is 1.54. The summed E-state index contributed by atoms with van der Waals surface area (Å²) in [5.74, 6) is 0.559. The summed E-state index contributed by atoms with van der Waals surface area (Å²) in [6.07, 6.45) is 0. The number of hydrogen-bond acceptors (Lipinski definition) is 3. The number of ether oxygens (including phenoxy) is 1. The Bertz CT molecular complexity index is 917. The van der Waals surface area contributed by atoms with E-state index in [9.17, 15) is 4.79 Å². The topological polar surface area (TPSA) is 50.4 Å². The molecule has 0 heterocycles. The van der Waals surface area contributed by atoms with E-state index in [0.29, 0.717) is 18.8 Å². The molecule has 1 atom stereocenters. The first-order chi connectivity index (χ1) is 14.1. The number of nitrogens with one attached hydrogen (secondary N) is 2. The number of halogens is 1. The Kier molecular flexibility index (Phi) is 7.85. The first-order valence-electron chi connectivity index (χ1n) is 9.62. The summed E-state index contributed by atoms with van der Waals surface area (Å²) < 4.78 is 6.78. The normalized spacial score (nSPS) is 11.7. The van der Waals surface area contributed by atoms with Crippen LogP contribution in [0.15, 0.2) is 83.3 Å². The lowest BCUT2D eigenvalue weighted by atomic mass is 10.1. The SMILES string of the molecule is C[C@H](NCc1cc(Br)ccc1OCC(=O)NCc1ccccc1)c1ccccc1. The molecule has 0 unspecified atom stereocenters. The maximum Gasteiger partial charge on any atom is 0.258 e. The fourth-order valence-corrected chi connectivity index (χ4v) is 3.35. The molecule has 0 saturated heterocycles. The van der Waals surface area contributed by atoms with E-state index in [1.54, 1.807) is 0 Å². The minimum Gasteiger partial charge on any atom is -0.483 e. The van der Waals surface area contributed by atoms with Crippen molar-refractivity contribution in [1.29, 1.82) is 0 Å². The standard InChI is InChI=1S/C24H25BrN2O2/c1-18(20-10-6-3-7-11-20)26-16-21-14-22(25)12-13-23(21)29-17-24(28)27-15-19-8-4-2-5-9-19/h2-14,18,26H,15-17H2,1H3,(H,27,28)/t18-/m0/s1. The average molecular weight is 453 g/mol. The smallest absolute Gasteiger partial charge is 0.258 e. The van der Waals surface area contributed by atoms with Gasteiger partial charge < -0.3 is 15.4 Å². The van der Waals surface area contributed by atoms with E-state index in [4.69, 9.17) is 4.74 Å². The van der Waals surface area contributed by atoms with Gasteiger partial charge in [-0.1, -0.05) is 76.6 Å². The van der Waals surface area contributed by atoms with Crippen LogP contribution in [0.5, 0.6) is 5.75 Å². The van der Waals surface area contributed by atoms with Crippen molar-refractivity contribution in [2.45, 2.75) is 26.1 Å². The van der Waals surface area contributed by atoms with Crippen molar-refractivity contribution in [3.63, 3.8) is 0 Å². The van der Waals surface area contributed by atoms with Gasteiger partial charge in [0.1, 0.15) is 5.75 Å². The molecule has 4 nitrogen and oxygen atoms in total. The largest absolute Gasteiger partial charge is 0.483 e. The van der Waals surface area contributed by atoms with E-state index in [-0.39, 0.29) is 18.6 Å². The van der Waals surface area contributed by atoms with E-state index in [0.717, 1.165) is 15.6 Å². The van der Waals surface area contributed by atoms with Crippen LogP contribution in [0.4, 0.5) is 0 Å². The Hall–Kier alpha value is -2.63. The summed E-state index contributed by atoms with van der Waals surface area (Å²) in [4.78, 5) is 12.2. The molecule has 1 amide bonds. The van der Waals surface area contributed by atoms with Crippen molar-refractivity contribution >= 4 is 21.8 Å². The summed E-state index contributed by atoms with van der Waals surface area (Å²) in [5, 5.41) is 6.40. The molecule has 0 aromatic heterocycles. The Labute approximate surface area is 180 Å². The van der Waals surface area contributed by atoms with Gasteiger partial charge in [0, 0.05) is 29.2 Å². The highest BCUT2D eigenvalue weighted by atomic mass is 79.9. The minimum absolute atomic E-state index is 0.0182. The van der Waals surface area contributed by atoms with Crippen LogP contribution in [0, 0.1) is 0 Å². The van der Waals surface area contributed by atoms with Crippen LogP contribution in [0.1, 0.15) is 29.7 Å². The zero-order valence-corrected chi connectivity index (χ0v) is 18.0. The highest BCUT2D eigenvalue weighted by Gasteiger charge is 2.10. The molecule has 3 aromatic rings. The quantitative estimate of drug-likeness (QED) is 0.480. The predicted molar refractivity (Wildman–Crippen MR) is 120 cm³/mol. The Morgan fingerprint density at radius 3 is 2.38 bits per heavy atom. The van der Waals surface area contributed by atoms with Gasteiger partial charge >= 0.3 is 0 Å². The second kappa shape index (κ2) is 10.8. The number of rotatable bonds is 9. The molecular formula is C24H25BrN2O2. The van der Waals surface area contributed by atoms with Crippen molar-refractivity contribution in [2.75, 3.05) is 6.61 Å². The second-order valence-corrected chi connectivity index (χ2v) is 7.73.